The minimum atomic E-state index is -5.04. The van der Waals surface area contributed by atoms with Crippen LogP contribution < -0.4 is 5.32 Å². The fourth-order valence-corrected chi connectivity index (χ4v) is 1.26. The van der Waals surface area contributed by atoms with Crippen LogP contribution in [0.1, 0.15) is 23.0 Å². The Morgan fingerprint density at radius 1 is 1.29 bits per heavy atom. The minimum absolute atomic E-state index is 0.390. The summed E-state index contributed by atoms with van der Waals surface area (Å²) in [5.41, 5.74) is -5.71. The molecule has 1 amide bonds. The third-order valence-electron chi connectivity index (χ3n) is 2.52. The molecule has 1 atom stereocenters. The molecule has 4 nitrogen and oxygen atoms in total. The van der Waals surface area contributed by atoms with E-state index >= 15 is 0 Å². The monoisotopic (exact) mass is 316 g/mol. The number of alkyl halides is 6. The van der Waals surface area contributed by atoms with E-state index in [2.05, 4.69) is 4.98 Å². The molecule has 10 heteroatoms. The van der Waals surface area contributed by atoms with Gasteiger partial charge in [-0.3, -0.25) is 9.78 Å². The molecule has 1 heterocycles. The fourth-order valence-electron chi connectivity index (χ4n) is 1.26. The van der Waals surface area contributed by atoms with Gasteiger partial charge in [-0.15, -0.1) is 0 Å². The van der Waals surface area contributed by atoms with Gasteiger partial charge in [-0.1, -0.05) is 0 Å². The van der Waals surface area contributed by atoms with E-state index in [0.717, 1.165) is 18.3 Å². The number of carbonyl (C=O) groups is 1. The highest BCUT2D eigenvalue weighted by Crippen LogP contribution is 2.31. The highest BCUT2D eigenvalue weighted by atomic mass is 19.4. The van der Waals surface area contributed by atoms with Gasteiger partial charge >= 0.3 is 12.4 Å². The van der Waals surface area contributed by atoms with E-state index in [1.165, 1.54) is 0 Å². The molecule has 1 aromatic rings. The quantitative estimate of drug-likeness (QED) is 0.840. The molecule has 0 bridgehead atoms. The zero-order chi connectivity index (χ0) is 16.5. The Balaban J connectivity index is 2.93. The minimum Gasteiger partial charge on any atom is -0.379 e. The van der Waals surface area contributed by atoms with E-state index in [9.17, 15) is 31.1 Å². The first kappa shape index (κ1) is 17.2. The lowest BCUT2D eigenvalue weighted by Crippen LogP contribution is -2.51. The van der Waals surface area contributed by atoms with Crippen molar-refractivity contribution in [2.75, 3.05) is 6.54 Å². The van der Waals surface area contributed by atoms with Gasteiger partial charge < -0.3 is 10.4 Å². The lowest BCUT2D eigenvalue weighted by Gasteiger charge is -2.26. The van der Waals surface area contributed by atoms with Crippen molar-refractivity contribution in [1.82, 2.24) is 10.3 Å². The van der Waals surface area contributed by atoms with Crippen LogP contribution in [0.3, 0.4) is 0 Å². The van der Waals surface area contributed by atoms with Gasteiger partial charge in [0.15, 0.2) is 11.3 Å². The number of nitrogens with one attached hydrogen (secondary N) is 1. The van der Waals surface area contributed by atoms with Gasteiger partial charge in [-0.2, -0.15) is 26.3 Å². The number of aromatic nitrogens is 1. The van der Waals surface area contributed by atoms with Crippen molar-refractivity contribution in [2.45, 2.75) is 24.9 Å². The average Bonchev–Trinajstić information content (AvgIpc) is 2.33. The fraction of sp³-hybridized carbons (Fsp3) is 0.455. The van der Waals surface area contributed by atoms with E-state index in [1.54, 1.807) is 5.32 Å². The Bertz CT molecular complexity index is 524. The predicted molar refractivity (Wildman–Crippen MR) is 58.3 cm³/mol. The third kappa shape index (κ3) is 4.06. The second-order valence-electron chi connectivity index (χ2n) is 4.35. The third-order valence-corrected chi connectivity index (χ3v) is 2.52. The van der Waals surface area contributed by atoms with Crippen molar-refractivity contribution in [1.29, 1.82) is 0 Å². The molecular weight excluding hydrogens is 306 g/mol. The first-order valence-electron chi connectivity index (χ1n) is 5.46. The van der Waals surface area contributed by atoms with Crippen LogP contribution in [0, 0.1) is 0 Å². The topological polar surface area (TPSA) is 62.2 Å². The second kappa shape index (κ2) is 5.51. The van der Waals surface area contributed by atoms with Crippen LogP contribution in [0.25, 0.3) is 0 Å². The van der Waals surface area contributed by atoms with Crippen molar-refractivity contribution in [3.63, 3.8) is 0 Å². The summed E-state index contributed by atoms with van der Waals surface area (Å²) in [6.07, 6.45) is -9.17. The van der Waals surface area contributed by atoms with Crippen molar-refractivity contribution in [3.8, 4) is 0 Å². The average molecular weight is 316 g/mol. The number of hydrogen-bond acceptors (Lipinski definition) is 3. The van der Waals surface area contributed by atoms with E-state index in [-0.39, 0.29) is 0 Å². The largest absolute Gasteiger partial charge is 0.434 e. The van der Waals surface area contributed by atoms with Crippen molar-refractivity contribution >= 4 is 5.91 Å². The van der Waals surface area contributed by atoms with Gasteiger partial charge in [0.05, 0.1) is 12.1 Å². The SMILES string of the molecule is CC(O)(CNC(=O)c1cccnc1C(F)(F)F)C(F)(F)F. The second-order valence-corrected chi connectivity index (χ2v) is 4.35. The van der Waals surface area contributed by atoms with E-state index in [4.69, 9.17) is 5.11 Å². The highest BCUT2D eigenvalue weighted by Gasteiger charge is 2.50. The summed E-state index contributed by atoms with van der Waals surface area (Å²) in [5, 5.41) is 10.7. The number of rotatable bonds is 3. The van der Waals surface area contributed by atoms with E-state index in [1.807, 2.05) is 0 Å². The molecule has 0 saturated heterocycles. The Morgan fingerprint density at radius 2 is 1.86 bits per heavy atom. The zero-order valence-corrected chi connectivity index (χ0v) is 10.5. The van der Waals surface area contributed by atoms with Crippen LogP contribution in [0.4, 0.5) is 26.3 Å². The molecule has 2 N–H and O–H groups in total. The summed E-state index contributed by atoms with van der Waals surface area (Å²) in [4.78, 5) is 14.5. The molecular formula is C11H10F6N2O2. The number of pyridine rings is 1. The van der Waals surface area contributed by atoms with Gasteiger partial charge in [0.2, 0.25) is 0 Å². The van der Waals surface area contributed by atoms with E-state index < -0.39 is 41.7 Å². The molecule has 118 valence electrons. The number of hydrogen-bond donors (Lipinski definition) is 2. The maximum atomic E-state index is 12.6. The number of amides is 1. The van der Waals surface area contributed by atoms with Gasteiger partial charge in [0.25, 0.3) is 5.91 Å². The van der Waals surface area contributed by atoms with Gasteiger partial charge in [-0.25, -0.2) is 0 Å². The maximum absolute atomic E-state index is 12.6. The van der Waals surface area contributed by atoms with Gasteiger partial charge in [0.1, 0.15) is 0 Å². The Kier molecular flexibility index (Phi) is 4.51. The first-order valence-corrected chi connectivity index (χ1v) is 5.46. The zero-order valence-electron chi connectivity index (χ0n) is 10.5. The molecule has 0 fully saturated rings. The number of carbonyl (C=O) groups excluding carboxylic acids is 1. The Labute approximate surface area is 114 Å². The van der Waals surface area contributed by atoms with Crippen molar-refractivity contribution in [2.24, 2.45) is 0 Å². The van der Waals surface area contributed by atoms with Crippen LogP contribution in [0.2, 0.25) is 0 Å². The lowest BCUT2D eigenvalue weighted by atomic mass is 10.1. The predicted octanol–water partition coefficient (Wildman–Crippen LogP) is 2.14. The van der Waals surface area contributed by atoms with Crippen LogP contribution >= 0.6 is 0 Å². The molecule has 0 aliphatic heterocycles. The van der Waals surface area contributed by atoms with Crippen LogP contribution in [0.15, 0.2) is 18.3 Å². The summed E-state index contributed by atoms with van der Waals surface area (Å²) in [5.74, 6) is -1.42. The van der Waals surface area contributed by atoms with Crippen LogP contribution in [-0.2, 0) is 6.18 Å². The van der Waals surface area contributed by atoms with Crippen molar-refractivity contribution in [3.05, 3.63) is 29.6 Å². The normalized spacial score (nSPS) is 15.4. The lowest BCUT2D eigenvalue weighted by molar-refractivity contribution is -0.249. The smallest absolute Gasteiger partial charge is 0.379 e. The molecule has 1 rings (SSSR count). The summed E-state index contributed by atoms with van der Waals surface area (Å²) in [6.45, 7) is -0.900. The summed E-state index contributed by atoms with van der Waals surface area (Å²) >= 11 is 0. The molecule has 0 aliphatic rings. The molecule has 21 heavy (non-hydrogen) atoms. The summed E-state index contributed by atoms with van der Waals surface area (Å²) in [7, 11) is 0. The molecule has 0 aliphatic carbocycles. The number of aliphatic hydroxyl groups is 1. The van der Waals surface area contributed by atoms with Crippen LogP contribution in [-0.4, -0.2) is 34.3 Å². The molecule has 1 unspecified atom stereocenters. The Morgan fingerprint density at radius 3 is 2.33 bits per heavy atom. The standard InChI is InChI=1S/C11H10F6N2O2/c1-9(21,11(15,16)17)5-19-8(20)6-3-2-4-18-7(6)10(12,13)14/h2-4,21H,5H2,1H3,(H,19,20). The Hall–Kier alpha value is -1.84. The number of nitrogens with zero attached hydrogens (tertiary/aromatic N) is 1. The molecule has 0 saturated carbocycles. The molecule has 1 aromatic heterocycles. The summed E-state index contributed by atoms with van der Waals surface area (Å²) < 4.78 is 74.9. The van der Waals surface area contributed by atoms with Gasteiger partial charge in [-0.05, 0) is 19.1 Å². The first-order chi connectivity index (χ1) is 9.36. The summed E-state index contributed by atoms with van der Waals surface area (Å²) in [6, 6.07) is 1.81. The molecule has 0 aromatic carbocycles. The van der Waals surface area contributed by atoms with Crippen LogP contribution in [0.5, 0.6) is 0 Å². The highest BCUT2D eigenvalue weighted by molar-refractivity contribution is 5.95. The maximum Gasteiger partial charge on any atom is 0.434 e. The molecule has 0 radical (unpaired) electrons. The van der Waals surface area contributed by atoms with E-state index in [0.29, 0.717) is 6.92 Å². The number of halogens is 6. The molecule has 0 spiro atoms. The van der Waals surface area contributed by atoms with Gasteiger partial charge in [0, 0.05) is 6.20 Å². The van der Waals surface area contributed by atoms with Crippen molar-refractivity contribution < 1.29 is 36.2 Å².